The number of rotatable bonds is 9. The summed E-state index contributed by atoms with van der Waals surface area (Å²) in [6.45, 7) is 0. The summed E-state index contributed by atoms with van der Waals surface area (Å²) in [4.78, 5) is 39.8. The number of carbonyl (C=O) groups excluding carboxylic acids is 1. The lowest BCUT2D eigenvalue weighted by Crippen LogP contribution is -2.23. The molecule has 17 heteroatoms. The molecule has 0 aliphatic heterocycles. The van der Waals surface area contributed by atoms with Gasteiger partial charge in [-0.15, -0.1) is 22.7 Å². The van der Waals surface area contributed by atoms with Crippen LogP contribution in [-0.4, -0.2) is 62.0 Å². The van der Waals surface area contributed by atoms with E-state index in [1.165, 1.54) is 29.8 Å². The number of benzene rings is 2. The van der Waals surface area contributed by atoms with Gasteiger partial charge in [0, 0.05) is 57.4 Å². The minimum atomic E-state index is -1.13. The summed E-state index contributed by atoms with van der Waals surface area (Å²) >= 11 is 2.82. The quantitative estimate of drug-likeness (QED) is 0.124. The maximum Gasteiger partial charge on any atom is 0.413 e. The number of methoxy groups -OCH3 is 1. The van der Waals surface area contributed by atoms with Gasteiger partial charge < -0.3 is 16.2 Å². The molecular weight excluding hydrogens is 847 g/mol. The fourth-order valence-corrected chi connectivity index (χ4v) is 13.4. The summed E-state index contributed by atoms with van der Waals surface area (Å²) in [7, 11) is -0.952. The van der Waals surface area contributed by atoms with Crippen molar-refractivity contribution >= 4 is 88.1 Å². The molecule has 5 N–H and O–H groups in total. The number of thiophene rings is 2. The van der Waals surface area contributed by atoms with Crippen molar-refractivity contribution in [2.75, 3.05) is 23.9 Å². The molecule has 6 heterocycles. The Kier molecular flexibility index (Phi) is 11.6. The predicted octanol–water partition coefficient (Wildman–Crippen LogP) is 9.50. The first kappa shape index (κ1) is 40.4. The van der Waals surface area contributed by atoms with Crippen LogP contribution in [0.25, 0.3) is 65.5 Å². The van der Waals surface area contributed by atoms with Gasteiger partial charge in [0.15, 0.2) is 5.82 Å². The number of carbonyl (C=O) groups is 1. The molecule has 8 aromatic rings. The maximum absolute atomic E-state index is 13.1. The Morgan fingerprint density at radius 2 is 1.28 bits per heavy atom. The van der Waals surface area contributed by atoms with Gasteiger partial charge in [0.25, 0.3) is 0 Å². The minimum Gasteiger partial charge on any atom is -0.453 e. The van der Waals surface area contributed by atoms with Gasteiger partial charge in [-0.2, -0.15) is 0 Å². The van der Waals surface area contributed by atoms with Crippen molar-refractivity contribution in [2.45, 2.75) is 57.4 Å². The first-order valence-electron chi connectivity index (χ1n) is 19.6. The van der Waals surface area contributed by atoms with Crippen molar-refractivity contribution in [1.29, 1.82) is 0 Å². The number of pyridine rings is 2. The van der Waals surface area contributed by atoms with Gasteiger partial charge in [0.2, 0.25) is 5.95 Å². The van der Waals surface area contributed by atoms with Gasteiger partial charge >= 0.3 is 6.09 Å². The Bertz CT molecular complexity index is 2920. The summed E-state index contributed by atoms with van der Waals surface area (Å²) in [6, 6.07) is 25.6. The molecule has 2 aliphatic carbocycles. The van der Waals surface area contributed by atoms with E-state index in [-0.39, 0.29) is 16.4 Å². The molecule has 2 aliphatic rings. The second-order valence-corrected chi connectivity index (χ2v) is 20.4. The van der Waals surface area contributed by atoms with E-state index < -0.39 is 27.7 Å². The zero-order chi connectivity index (χ0) is 42.0. The van der Waals surface area contributed by atoms with Gasteiger partial charge in [-0.05, 0) is 55.0 Å². The van der Waals surface area contributed by atoms with Crippen molar-refractivity contribution in [3.8, 4) is 45.0 Å². The number of anilines is 3. The first-order chi connectivity index (χ1) is 29.8. The molecule has 61 heavy (non-hydrogen) atoms. The normalized spacial score (nSPS) is 15.0. The Morgan fingerprint density at radius 1 is 0.705 bits per heavy atom. The van der Waals surface area contributed by atoms with Gasteiger partial charge in [0.1, 0.15) is 18.1 Å². The van der Waals surface area contributed by atoms with E-state index in [2.05, 4.69) is 25.0 Å². The number of nitrogens with zero attached hydrogens (tertiary/aromatic N) is 6. The van der Waals surface area contributed by atoms with Crippen molar-refractivity contribution in [3.05, 3.63) is 104 Å². The Hall–Kier alpha value is -6.01. The lowest BCUT2D eigenvalue weighted by atomic mass is 10.00. The van der Waals surface area contributed by atoms with Crippen LogP contribution < -0.4 is 16.8 Å². The Morgan fingerprint density at radius 3 is 1.84 bits per heavy atom. The van der Waals surface area contributed by atoms with E-state index in [4.69, 9.17) is 26.4 Å². The van der Waals surface area contributed by atoms with Gasteiger partial charge in [-0.1, -0.05) is 73.5 Å². The second-order valence-electron chi connectivity index (χ2n) is 14.5. The predicted molar refractivity (Wildman–Crippen MR) is 245 cm³/mol. The maximum atomic E-state index is 13.1. The number of fused-ring (bicyclic) bond motifs is 2. The number of nitrogens with two attached hydrogens (primary N) is 2. The highest BCUT2D eigenvalue weighted by atomic mass is 32.2. The molecule has 2 fully saturated rings. The van der Waals surface area contributed by atoms with E-state index in [1.54, 1.807) is 24.8 Å². The lowest BCUT2D eigenvalue weighted by Gasteiger charge is -2.23. The summed E-state index contributed by atoms with van der Waals surface area (Å²) in [6.07, 6.45) is 12.2. The van der Waals surface area contributed by atoms with Crippen LogP contribution in [0.5, 0.6) is 0 Å². The van der Waals surface area contributed by atoms with Crippen LogP contribution in [0.15, 0.2) is 112 Å². The average molecular weight is 886 g/mol. The van der Waals surface area contributed by atoms with Crippen LogP contribution in [-0.2, 0) is 26.3 Å². The number of hydrogen-bond donors (Lipinski definition) is 3. The third-order valence-corrected chi connectivity index (χ3v) is 17.3. The monoisotopic (exact) mass is 885 g/mol. The molecule has 13 nitrogen and oxygen atoms in total. The first-order valence-corrected chi connectivity index (χ1v) is 23.7. The second kappa shape index (κ2) is 17.5. The van der Waals surface area contributed by atoms with Gasteiger partial charge in [-0.25, -0.2) is 29.7 Å². The number of hydrogen-bond acceptors (Lipinski definition) is 14. The smallest absolute Gasteiger partial charge is 0.413 e. The molecule has 2 saturated carbocycles. The minimum absolute atomic E-state index is 0.133. The molecular formula is C44H39N9O4S4. The van der Waals surface area contributed by atoms with Crippen LogP contribution in [0.2, 0.25) is 0 Å². The zero-order valence-corrected chi connectivity index (χ0v) is 36.1. The molecule has 1 amide bonds. The Labute approximate surface area is 364 Å². The fourth-order valence-electron chi connectivity index (χ4n) is 6.96. The summed E-state index contributed by atoms with van der Waals surface area (Å²) in [5.41, 5.74) is 20.0. The highest BCUT2D eigenvalue weighted by Crippen LogP contribution is 2.46. The average Bonchev–Trinajstić information content (AvgIpc) is 3.78. The van der Waals surface area contributed by atoms with Crippen LogP contribution in [0.3, 0.4) is 0 Å². The topological polar surface area (TPSA) is 202 Å². The molecule has 0 saturated heterocycles. The number of ether oxygens (including phenoxy) is 1. The molecule has 2 atom stereocenters. The Balaban J connectivity index is 0.000000158. The third-order valence-electron chi connectivity index (χ3n) is 10.7. The van der Waals surface area contributed by atoms with E-state index in [1.807, 2.05) is 78.9 Å². The standard InChI is InChI=1S/C23H21N5O3S2.C21H18N4OS2/c1-31-23(29)28-22-25-11-14(12-26-22)17-10-16(13-6-3-2-4-7-13)18-19(24)21(32-20(18)27-17)33(30)15-8-5-9-15;22-17-16-18(13-6-2-1-3-7-13)24-19(14-8-5-11-23-12-14)25-20(16)27-21(17)28(26)15-9-4-10-15/h2-4,6-7,10-12,15H,5,8-9,24H2,1H3,(H,25,26,28,29);1-3,5-8,11-12,15H,4,9-10,22H2. The van der Waals surface area contributed by atoms with Gasteiger partial charge in [-0.3, -0.25) is 18.7 Å². The molecule has 0 spiro atoms. The number of nitrogen functional groups attached to an aromatic ring is 2. The van der Waals surface area contributed by atoms with Crippen molar-refractivity contribution < 1.29 is 17.9 Å². The molecule has 2 aromatic carbocycles. The van der Waals surface area contributed by atoms with Crippen LogP contribution in [0.4, 0.5) is 22.1 Å². The molecule has 6 aromatic heterocycles. The van der Waals surface area contributed by atoms with Crippen molar-refractivity contribution in [1.82, 2.24) is 29.9 Å². The van der Waals surface area contributed by atoms with E-state index in [0.29, 0.717) is 32.7 Å². The fraction of sp³-hybridized carbons (Fsp3) is 0.205. The third kappa shape index (κ3) is 8.13. The molecule has 308 valence electrons. The summed E-state index contributed by atoms with van der Waals surface area (Å²) in [5, 5.41) is 4.43. The largest absolute Gasteiger partial charge is 0.453 e. The lowest BCUT2D eigenvalue weighted by molar-refractivity contribution is 0.186. The zero-order valence-electron chi connectivity index (χ0n) is 32.8. The van der Waals surface area contributed by atoms with E-state index in [9.17, 15) is 13.2 Å². The number of amides is 1. The SMILES string of the molecule is COC(=O)Nc1ncc(-c2cc(-c3ccccc3)c3c(N)c(S(=O)C4CCC4)sc3n2)cn1.Nc1c(S(=O)C2CCC2)sc2nc(-c3cccnc3)nc(-c3ccccc3)c12. The summed E-state index contributed by atoms with van der Waals surface area (Å²) in [5.74, 6) is 0.732. The van der Waals surface area contributed by atoms with E-state index in [0.717, 1.165) is 91.1 Å². The highest BCUT2D eigenvalue weighted by molar-refractivity contribution is 7.88. The van der Waals surface area contributed by atoms with Gasteiger partial charge in [0.05, 0.1) is 56.9 Å². The number of aromatic nitrogens is 6. The highest BCUT2D eigenvalue weighted by Gasteiger charge is 2.31. The van der Waals surface area contributed by atoms with Crippen LogP contribution in [0.1, 0.15) is 38.5 Å². The van der Waals surface area contributed by atoms with Crippen LogP contribution in [0, 0.1) is 0 Å². The van der Waals surface area contributed by atoms with Crippen LogP contribution >= 0.6 is 22.7 Å². The molecule has 2 unspecified atom stereocenters. The number of nitrogens with one attached hydrogen (secondary N) is 1. The van der Waals surface area contributed by atoms with E-state index >= 15 is 0 Å². The molecule has 0 radical (unpaired) electrons. The molecule has 10 rings (SSSR count). The van der Waals surface area contributed by atoms with Crippen molar-refractivity contribution in [2.24, 2.45) is 0 Å². The summed E-state index contributed by atoms with van der Waals surface area (Å²) < 4.78 is 32.1. The van der Waals surface area contributed by atoms with Crippen molar-refractivity contribution in [3.63, 3.8) is 0 Å². The molecule has 0 bridgehead atoms.